The normalized spacial score (nSPS) is 17.7. The fourth-order valence-electron chi connectivity index (χ4n) is 4.00. The standard InChI is InChI=1S/C22H23N3O3/c1-15-13-24(12-11-23-15)14-19-20(22(27)28)17-9-5-6-10-18(17)21(26)25(19)16-7-3-2-4-8-16/h2-10,15,23H,11-14H2,1H3,(H,27,28). The van der Waals surface area contributed by atoms with E-state index in [-0.39, 0.29) is 11.1 Å². The maximum Gasteiger partial charge on any atom is 0.338 e. The van der Waals surface area contributed by atoms with Crippen LogP contribution in [0.2, 0.25) is 0 Å². The van der Waals surface area contributed by atoms with Crippen molar-refractivity contribution in [3.8, 4) is 5.69 Å². The molecule has 28 heavy (non-hydrogen) atoms. The minimum atomic E-state index is -1.01. The molecule has 1 fully saturated rings. The molecule has 3 aromatic rings. The summed E-state index contributed by atoms with van der Waals surface area (Å²) in [5.41, 5.74) is 1.21. The highest BCUT2D eigenvalue weighted by Crippen LogP contribution is 2.24. The van der Waals surface area contributed by atoms with E-state index >= 15 is 0 Å². The van der Waals surface area contributed by atoms with Gasteiger partial charge in [-0.05, 0) is 25.1 Å². The van der Waals surface area contributed by atoms with E-state index in [4.69, 9.17) is 0 Å². The molecule has 0 radical (unpaired) electrons. The van der Waals surface area contributed by atoms with Gasteiger partial charge in [-0.1, -0.05) is 36.4 Å². The van der Waals surface area contributed by atoms with Crippen LogP contribution in [0, 0.1) is 0 Å². The molecule has 1 saturated heterocycles. The first-order valence-electron chi connectivity index (χ1n) is 9.47. The third-order valence-corrected chi connectivity index (χ3v) is 5.24. The number of aromatic nitrogens is 1. The molecule has 0 saturated carbocycles. The second-order valence-corrected chi connectivity index (χ2v) is 7.24. The van der Waals surface area contributed by atoms with Crippen molar-refractivity contribution in [1.29, 1.82) is 0 Å². The summed E-state index contributed by atoms with van der Waals surface area (Å²) in [6.07, 6.45) is 0. The van der Waals surface area contributed by atoms with Crippen molar-refractivity contribution < 1.29 is 9.90 Å². The lowest BCUT2D eigenvalue weighted by Gasteiger charge is -2.33. The second kappa shape index (κ2) is 7.58. The topological polar surface area (TPSA) is 74.6 Å². The number of pyridine rings is 1. The smallest absolute Gasteiger partial charge is 0.338 e. The van der Waals surface area contributed by atoms with Gasteiger partial charge in [-0.25, -0.2) is 4.79 Å². The van der Waals surface area contributed by atoms with Crippen LogP contribution in [0.25, 0.3) is 16.5 Å². The van der Waals surface area contributed by atoms with E-state index in [1.54, 1.807) is 28.8 Å². The molecule has 6 nitrogen and oxygen atoms in total. The van der Waals surface area contributed by atoms with E-state index in [1.807, 2.05) is 30.3 Å². The Morgan fingerprint density at radius 2 is 1.79 bits per heavy atom. The maximum atomic E-state index is 13.4. The van der Waals surface area contributed by atoms with Crippen molar-refractivity contribution in [2.24, 2.45) is 0 Å². The Morgan fingerprint density at radius 1 is 1.11 bits per heavy atom. The summed E-state index contributed by atoms with van der Waals surface area (Å²) in [5.74, 6) is -1.01. The van der Waals surface area contributed by atoms with Gasteiger partial charge < -0.3 is 10.4 Å². The number of nitrogens with zero attached hydrogens (tertiary/aromatic N) is 2. The molecular formula is C22H23N3O3. The predicted octanol–water partition coefficient (Wildman–Crippen LogP) is 2.48. The lowest BCUT2D eigenvalue weighted by molar-refractivity contribution is 0.0695. The van der Waals surface area contributed by atoms with Crippen LogP contribution in [0.5, 0.6) is 0 Å². The molecule has 2 aromatic carbocycles. The predicted molar refractivity (Wildman–Crippen MR) is 109 cm³/mol. The van der Waals surface area contributed by atoms with Gasteiger partial charge >= 0.3 is 5.97 Å². The number of carboxylic acid groups (broad SMARTS) is 1. The zero-order valence-corrected chi connectivity index (χ0v) is 15.8. The van der Waals surface area contributed by atoms with Crippen molar-refractivity contribution >= 4 is 16.7 Å². The summed E-state index contributed by atoms with van der Waals surface area (Å²) >= 11 is 0. The maximum absolute atomic E-state index is 13.4. The summed E-state index contributed by atoms with van der Waals surface area (Å²) in [6.45, 7) is 4.96. The summed E-state index contributed by atoms with van der Waals surface area (Å²) in [7, 11) is 0. The lowest BCUT2D eigenvalue weighted by Crippen LogP contribution is -2.49. The van der Waals surface area contributed by atoms with Gasteiger partial charge in [0.1, 0.15) is 0 Å². The number of benzene rings is 2. The average molecular weight is 377 g/mol. The molecule has 1 atom stereocenters. The van der Waals surface area contributed by atoms with Crippen LogP contribution >= 0.6 is 0 Å². The number of carbonyl (C=O) groups is 1. The number of aromatic carboxylic acids is 1. The van der Waals surface area contributed by atoms with Crippen molar-refractivity contribution in [2.75, 3.05) is 19.6 Å². The van der Waals surface area contributed by atoms with Crippen LogP contribution in [0.4, 0.5) is 0 Å². The second-order valence-electron chi connectivity index (χ2n) is 7.24. The summed E-state index contributed by atoms with van der Waals surface area (Å²) in [4.78, 5) is 27.9. The van der Waals surface area contributed by atoms with Crippen LogP contribution in [0.1, 0.15) is 23.0 Å². The van der Waals surface area contributed by atoms with Crippen molar-refractivity contribution in [3.05, 3.63) is 76.2 Å². The number of carboxylic acids is 1. The highest BCUT2D eigenvalue weighted by atomic mass is 16.4. The Kier molecular flexibility index (Phi) is 4.98. The van der Waals surface area contributed by atoms with Crippen LogP contribution in [-0.4, -0.2) is 46.2 Å². The summed E-state index contributed by atoms with van der Waals surface area (Å²) < 4.78 is 1.57. The van der Waals surface area contributed by atoms with Gasteiger partial charge in [0, 0.05) is 48.7 Å². The fraction of sp³-hybridized carbons (Fsp3) is 0.273. The molecule has 1 aliphatic rings. The molecule has 144 valence electrons. The van der Waals surface area contributed by atoms with E-state index in [1.165, 1.54) is 0 Å². The third kappa shape index (κ3) is 3.32. The summed E-state index contributed by atoms with van der Waals surface area (Å²) in [5, 5.41) is 14.4. The van der Waals surface area contributed by atoms with Gasteiger partial charge in [-0.15, -0.1) is 0 Å². The first-order valence-corrected chi connectivity index (χ1v) is 9.47. The number of rotatable bonds is 4. The first-order chi connectivity index (χ1) is 13.6. The van der Waals surface area contributed by atoms with Gasteiger partial charge in [-0.3, -0.25) is 14.3 Å². The fourth-order valence-corrected chi connectivity index (χ4v) is 4.00. The number of hydrogen-bond acceptors (Lipinski definition) is 4. The van der Waals surface area contributed by atoms with E-state index in [0.29, 0.717) is 34.7 Å². The molecule has 0 spiro atoms. The number of hydrogen-bond donors (Lipinski definition) is 2. The Hall–Kier alpha value is -2.96. The SMILES string of the molecule is CC1CN(Cc2c(C(=O)O)c3ccccc3c(=O)n2-c2ccccc2)CCN1. The van der Waals surface area contributed by atoms with Crippen LogP contribution in [0.3, 0.4) is 0 Å². The number of piperazine rings is 1. The Bertz CT molecular complexity index is 1080. The monoisotopic (exact) mass is 377 g/mol. The first kappa shape index (κ1) is 18.4. The molecule has 1 unspecified atom stereocenters. The molecule has 2 heterocycles. The largest absolute Gasteiger partial charge is 0.478 e. The molecular weight excluding hydrogens is 354 g/mol. The molecule has 6 heteroatoms. The van der Waals surface area contributed by atoms with Gasteiger partial charge in [-0.2, -0.15) is 0 Å². The van der Waals surface area contributed by atoms with Gasteiger partial charge in [0.05, 0.1) is 11.3 Å². The Balaban J connectivity index is 2.00. The molecule has 0 amide bonds. The highest BCUT2D eigenvalue weighted by molar-refractivity contribution is 6.04. The van der Waals surface area contributed by atoms with Crippen molar-refractivity contribution in [3.63, 3.8) is 0 Å². The van der Waals surface area contributed by atoms with Crippen LogP contribution in [-0.2, 0) is 6.54 Å². The van der Waals surface area contributed by atoms with Crippen LogP contribution in [0.15, 0.2) is 59.4 Å². The highest BCUT2D eigenvalue weighted by Gasteiger charge is 2.25. The van der Waals surface area contributed by atoms with Crippen molar-refractivity contribution in [1.82, 2.24) is 14.8 Å². The molecule has 4 rings (SSSR count). The minimum absolute atomic E-state index is 0.190. The van der Waals surface area contributed by atoms with Gasteiger partial charge in [0.2, 0.25) is 0 Å². The van der Waals surface area contributed by atoms with Gasteiger partial charge in [0.15, 0.2) is 0 Å². The molecule has 1 aromatic heterocycles. The number of para-hydroxylation sites is 1. The van der Waals surface area contributed by atoms with Crippen molar-refractivity contribution in [2.45, 2.75) is 19.5 Å². The molecule has 2 N–H and O–H groups in total. The zero-order chi connectivity index (χ0) is 19.7. The van der Waals surface area contributed by atoms with E-state index in [9.17, 15) is 14.7 Å². The zero-order valence-electron chi connectivity index (χ0n) is 15.8. The Labute approximate surface area is 163 Å². The lowest BCUT2D eigenvalue weighted by atomic mass is 10.0. The number of fused-ring (bicyclic) bond motifs is 1. The number of nitrogens with one attached hydrogen (secondary N) is 1. The van der Waals surface area contributed by atoms with E-state index in [2.05, 4.69) is 17.1 Å². The van der Waals surface area contributed by atoms with E-state index < -0.39 is 5.97 Å². The van der Waals surface area contributed by atoms with E-state index in [0.717, 1.165) is 19.6 Å². The molecule has 0 bridgehead atoms. The van der Waals surface area contributed by atoms with Gasteiger partial charge in [0.25, 0.3) is 5.56 Å². The molecule has 1 aliphatic heterocycles. The quantitative estimate of drug-likeness (QED) is 0.731. The summed E-state index contributed by atoms with van der Waals surface area (Å²) in [6, 6.07) is 16.5. The Morgan fingerprint density at radius 3 is 2.46 bits per heavy atom. The minimum Gasteiger partial charge on any atom is -0.478 e. The van der Waals surface area contributed by atoms with Crippen LogP contribution < -0.4 is 10.9 Å². The average Bonchev–Trinajstić information content (AvgIpc) is 2.69. The molecule has 0 aliphatic carbocycles. The third-order valence-electron chi connectivity index (χ3n) is 5.24.